The van der Waals surface area contributed by atoms with Crippen molar-refractivity contribution in [3.8, 4) is 0 Å². The highest BCUT2D eigenvalue weighted by atomic mass is 32.2. The molecule has 1 rings (SSSR count). The number of hydrogen-bond donors (Lipinski definition) is 2. The van der Waals surface area contributed by atoms with Crippen molar-refractivity contribution in [1.82, 2.24) is 0 Å². The van der Waals surface area contributed by atoms with E-state index in [1.165, 1.54) is 24.3 Å². The smallest absolute Gasteiger partial charge is 0.338 e. The molecule has 0 saturated heterocycles. The van der Waals surface area contributed by atoms with E-state index >= 15 is 0 Å². The molecule has 1 aromatic carbocycles. The van der Waals surface area contributed by atoms with Gasteiger partial charge in [0.1, 0.15) is 0 Å². The van der Waals surface area contributed by atoms with Gasteiger partial charge in [0.05, 0.1) is 24.0 Å². The van der Waals surface area contributed by atoms with E-state index in [1.54, 1.807) is 6.92 Å². The Morgan fingerprint density at radius 2 is 1.89 bits per heavy atom. The van der Waals surface area contributed by atoms with Crippen molar-refractivity contribution in [2.45, 2.75) is 19.4 Å². The first-order valence-electron chi connectivity index (χ1n) is 5.74. The number of hydrogen-bond acceptors (Lipinski definition) is 5. The number of aliphatic hydroxyl groups excluding tert-OH is 1. The Balaban J connectivity index is 2.68. The van der Waals surface area contributed by atoms with E-state index in [9.17, 15) is 18.3 Å². The molecule has 0 aliphatic rings. The second-order valence-electron chi connectivity index (χ2n) is 3.93. The van der Waals surface area contributed by atoms with Crippen LogP contribution in [0.1, 0.15) is 35.4 Å². The lowest BCUT2D eigenvalue weighted by atomic mass is 10.1. The van der Waals surface area contributed by atoms with Crippen molar-refractivity contribution in [3.63, 3.8) is 0 Å². The number of aliphatic hydroxyl groups is 1. The SMILES string of the molecule is CCOC(=O)c1ccc(C(O)CCS(=O)(=O)O)cc1. The molecule has 1 aromatic rings. The van der Waals surface area contributed by atoms with Gasteiger partial charge in [0.15, 0.2) is 0 Å². The molecule has 0 spiro atoms. The molecule has 0 bridgehead atoms. The molecule has 106 valence electrons. The first-order valence-corrected chi connectivity index (χ1v) is 7.34. The molecule has 0 aliphatic heterocycles. The van der Waals surface area contributed by atoms with Crippen LogP contribution in [0.4, 0.5) is 0 Å². The maximum atomic E-state index is 11.4. The second kappa shape index (κ2) is 6.65. The average Bonchev–Trinajstić information content (AvgIpc) is 2.35. The van der Waals surface area contributed by atoms with Crippen LogP contribution in [-0.4, -0.2) is 36.4 Å². The molecule has 0 amide bonds. The quantitative estimate of drug-likeness (QED) is 0.602. The molecule has 0 fully saturated rings. The predicted octanol–water partition coefficient (Wildman–Crippen LogP) is 1.17. The largest absolute Gasteiger partial charge is 0.462 e. The van der Waals surface area contributed by atoms with Gasteiger partial charge in [-0.2, -0.15) is 8.42 Å². The monoisotopic (exact) mass is 288 g/mol. The highest BCUT2D eigenvalue weighted by Gasteiger charge is 2.13. The van der Waals surface area contributed by atoms with Crippen molar-refractivity contribution in [1.29, 1.82) is 0 Å². The van der Waals surface area contributed by atoms with Gasteiger partial charge in [0.2, 0.25) is 0 Å². The summed E-state index contributed by atoms with van der Waals surface area (Å²) in [6, 6.07) is 6.01. The summed E-state index contributed by atoms with van der Waals surface area (Å²) in [6.07, 6.45) is -1.13. The molecule has 0 heterocycles. The fraction of sp³-hybridized carbons (Fsp3) is 0.417. The van der Waals surface area contributed by atoms with Crippen LogP contribution in [0.15, 0.2) is 24.3 Å². The first kappa shape index (κ1) is 15.6. The van der Waals surface area contributed by atoms with Crippen molar-refractivity contribution in [2.75, 3.05) is 12.4 Å². The maximum absolute atomic E-state index is 11.4. The number of rotatable bonds is 6. The van der Waals surface area contributed by atoms with E-state index in [0.717, 1.165) is 0 Å². The highest BCUT2D eigenvalue weighted by Crippen LogP contribution is 2.18. The van der Waals surface area contributed by atoms with Gasteiger partial charge in [-0.3, -0.25) is 4.55 Å². The summed E-state index contributed by atoms with van der Waals surface area (Å²) >= 11 is 0. The standard InChI is InChI=1S/C12H16O6S/c1-2-18-12(14)10-5-3-9(4-6-10)11(13)7-8-19(15,16)17/h3-6,11,13H,2,7-8H2,1H3,(H,15,16,17). The van der Waals surface area contributed by atoms with Gasteiger partial charge in [-0.15, -0.1) is 0 Å². The van der Waals surface area contributed by atoms with Crippen molar-refractivity contribution in [2.24, 2.45) is 0 Å². The highest BCUT2D eigenvalue weighted by molar-refractivity contribution is 7.85. The summed E-state index contributed by atoms with van der Waals surface area (Å²) in [7, 11) is -4.09. The Labute approximate surface area is 111 Å². The van der Waals surface area contributed by atoms with Crippen LogP contribution in [0.3, 0.4) is 0 Å². The van der Waals surface area contributed by atoms with Gasteiger partial charge in [-0.1, -0.05) is 12.1 Å². The summed E-state index contributed by atoms with van der Waals surface area (Å²) < 4.78 is 34.5. The third-order valence-corrected chi connectivity index (χ3v) is 3.21. The minimum atomic E-state index is -4.09. The zero-order valence-electron chi connectivity index (χ0n) is 10.4. The fourth-order valence-corrected chi connectivity index (χ4v) is 2.00. The minimum absolute atomic E-state index is 0.114. The number of carbonyl (C=O) groups is 1. The topological polar surface area (TPSA) is 101 Å². The Bertz CT molecular complexity index is 520. The maximum Gasteiger partial charge on any atom is 0.338 e. The molecule has 19 heavy (non-hydrogen) atoms. The fourth-order valence-electron chi connectivity index (χ4n) is 1.48. The number of ether oxygens (including phenoxy) is 1. The van der Waals surface area contributed by atoms with Crippen LogP contribution in [-0.2, 0) is 14.9 Å². The first-order chi connectivity index (χ1) is 8.83. The Morgan fingerprint density at radius 1 is 1.32 bits per heavy atom. The van der Waals surface area contributed by atoms with Crippen molar-refractivity contribution in [3.05, 3.63) is 35.4 Å². The summed E-state index contributed by atoms with van der Waals surface area (Å²) in [6.45, 7) is 1.98. The van der Waals surface area contributed by atoms with Crippen LogP contribution in [0.25, 0.3) is 0 Å². The van der Waals surface area contributed by atoms with Gasteiger partial charge in [-0.05, 0) is 31.0 Å². The molecule has 7 heteroatoms. The van der Waals surface area contributed by atoms with Gasteiger partial charge in [-0.25, -0.2) is 4.79 Å². The van der Waals surface area contributed by atoms with Crippen molar-refractivity contribution < 1.29 is 27.6 Å². The average molecular weight is 288 g/mol. The van der Waals surface area contributed by atoms with E-state index < -0.39 is 27.9 Å². The molecule has 0 aromatic heterocycles. The molecule has 0 saturated carbocycles. The van der Waals surface area contributed by atoms with Crippen LogP contribution in [0, 0.1) is 0 Å². The second-order valence-corrected chi connectivity index (χ2v) is 5.51. The van der Waals surface area contributed by atoms with Gasteiger partial charge in [0.25, 0.3) is 10.1 Å². The molecule has 1 unspecified atom stereocenters. The lowest BCUT2D eigenvalue weighted by molar-refractivity contribution is 0.0526. The van der Waals surface area contributed by atoms with Crippen LogP contribution < -0.4 is 0 Å². The van der Waals surface area contributed by atoms with Gasteiger partial charge >= 0.3 is 5.97 Å². The van der Waals surface area contributed by atoms with Crippen molar-refractivity contribution >= 4 is 16.1 Å². The summed E-state index contributed by atoms with van der Waals surface area (Å²) in [4.78, 5) is 11.4. The van der Waals surface area contributed by atoms with Gasteiger partial charge in [0, 0.05) is 0 Å². The Kier molecular flexibility index (Phi) is 5.46. The number of carbonyl (C=O) groups excluding carboxylic acids is 1. The van der Waals surface area contributed by atoms with E-state index in [4.69, 9.17) is 9.29 Å². The normalized spacial score (nSPS) is 13.0. The molecule has 0 radical (unpaired) electrons. The van der Waals surface area contributed by atoms with E-state index in [-0.39, 0.29) is 13.0 Å². The summed E-state index contributed by atoms with van der Waals surface area (Å²) in [5, 5.41) is 9.72. The number of benzene rings is 1. The predicted molar refractivity (Wildman–Crippen MR) is 68.4 cm³/mol. The number of esters is 1. The molecule has 6 nitrogen and oxygen atoms in total. The van der Waals surface area contributed by atoms with E-state index in [2.05, 4.69) is 0 Å². The van der Waals surface area contributed by atoms with Crippen LogP contribution in [0.2, 0.25) is 0 Å². The molecular weight excluding hydrogens is 272 g/mol. The summed E-state index contributed by atoms with van der Waals surface area (Å²) in [5.41, 5.74) is 0.823. The third kappa shape index (κ3) is 5.37. The molecule has 2 N–H and O–H groups in total. The Morgan fingerprint density at radius 3 is 2.37 bits per heavy atom. The molecular formula is C12H16O6S. The van der Waals surface area contributed by atoms with E-state index in [1.807, 2.05) is 0 Å². The van der Waals surface area contributed by atoms with Crippen LogP contribution >= 0.6 is 0 Å². The lowest BCUT2D eigenvalue weighted by Crippen LogP contribution is -2.09. The molecule has 1 atom stereocenters. The third-order valence-electron chi connectivity index (χ3n) is 2.46. The summed E-state index contributed by atoms with van der Waals surface area (Å²) in [5.74, 6) is -0.977. The van der Waals surface area contributed by atoms with E-state index in [0.29, 0.717) is 11.1 Å². The zero-order chi connectivity index (χ0) is 14.5. The van der Waals surface area contributed by atoms with Gasteiger partial charge < -0.3 is 9.84 Å². The zero-order valence-corrected chi connectivity index (χ0v) is 11.3. The minimum Gasteiger partial charge on any atom is -0.462 e. The molecule has 0 aliphatic carbocycles. The Hall–Kier alpha value is -1.44. The van der Waals surface area contributed by atoms with Crippen LogP contribution in [0.5, 0.6) is 0 Å². The lowest BCUT2D eigenvalue weighted by Gasteiger charge is -2.10.